The first kappa shape index (κ1) is 8.35. The van der Waals surface area contributed by atoms with Crippen molar-refractivity contribution in [1.29, 1.82) is 0 Å². The monoisotopic (exact) mass is 234 g/mol. The number of hydrogen-bond acceptors (Lipinski definition) is 3. The predicted molar refractivity (Wildman–Crippen MR) is 46.0 cm³/mol. The molecule has 0 bridgehead atoms. The Kier molecular flexibility index (Phi) is 2.35. The third-order valence-electron chi connectivity index (χ3n) is 1.05. The summed E-state index contributed by atoms with van der Waals surface area (Å²) in [6, 6.07) is 1.48. The fourth-order valence-electron chi connectivity index (χ4n) is 0.582. The van der Waals surface area contributed by atoms with Gasteiger partial charge in [-0.1, -0.05) is 12.2 Å². The number of halogens is 1. The molecule has 0 saturated carbocycles. The van der Waals surface area contributed by atoms with Crippen molar-refractivity contribution in [1.82, 2.24) is 4.98 Å². The zero-order valence-corrected chi connectivity index (χ0v) is 7.61. The summed E-state index contributed by atoms with van der Waals surface area (Å²) in [5, 5.41) is 10.2. The van der Waals surface area contributed by atoms with Crippen LogP contribution in [-0.4, -0.2) is 9.91 Å². The van der Waals surface area contributed by atoms with Crippen molar-refractivity contribution >= 4 is 33.8 Å². The van der Waals surface area contributed by atoms with Crippen LogP contribution in [0.1, 0.15) is 0 Å². The number of H-pyrrole nitrogens is 1. The van der Waals surface area contributed by atoms with Crippen molar-refractivity contribution < 1.29 is 4.92 Å². The number of nitrogens with zero attached hydrogens (tertiary/aromatic N) is 1. The summed E-state index contributed by atoms with van der Waals surface area (Å²) in [5.41, 5.74) is -0.0804. The van der Waals surface area contributed by atoms with Crippen LogP contribution in [0.2, 0.25) is 0 Å². The number of nitro groups is 1. The summed E-state index contributed by atoms with van der Waals surface area (Å²) in [7, 11) is 0. The van der Waals surface area contributed by atoms with Crippen LogP contribution in [0.4, 0.5) is 5.69 Å². The summed E-state index contributed by atoms with van der Waals surface area (Å²) in [6.07, 6.45) is 1.26. The first-order valence-corrected chi connectivity index (χ1v) is 3.84. The molecule has 6 heteroatoms. The molecule has 0 aliphatic rings. The van der Waals surface area contributed by atoms with Gasteiger partial charge in [0.15, 0.2) is 0 Å². The van der Waals surface area contributed by atoms with Gasteiger partial charge in [0.05, 0.1) is 15.7 Å². The van der Waals surface area contributed by atoms with Gasteiger partial charge in [-0.2, -0.15) is 0 Å². The number of rotatable bonds is 1. The Hall–Kier alpha value is -0.750. The van der Waals surface area contributed by atoms with Gasteiger partial charge in [-0.3, -0.25) is 10.1 Å². The van der Waals surface area contributed by atoms with Crippen molar-refractivity contribution in [2.45, 2.75) is 0 Å². The Morgan fingerprint density at radius 1 is 1.73 bits per heavy atom. The Bertz CT molecular complexity index is 349. The van der Waals surface area contributed by atoms with Crippen LogP contribution in [0.3, 0.4) is 0 Å². The molecule has 4 nitrogen and oxygen atoms in total. The molecular weight excluding hydrogens is 232 g/mol. The standard InChI is InChI=1S/C5H3BrN2O2S/c6-5-1-4(11)3(2-7-5)8(9)10/h1-2H,(H,7,11). The molecule has 0 unspecified atom stereocenters. The van der Waals surface area contributed by atoms with E-state index in [-0.39, 0.29) is 10.2 Å². The zero-order chi connectivity index (χ0) is 8.43. The van der Waals surface area contributed by atoms with Crippen molar-refractivity contribution in [3.05, 3.63) is 31.5 Å². The lowest BCUT2D eigenvalue weighted by atomic mass is 10.4. The van der Waals surface area contributed by atoms with E-state index in [0.29, 0.717) is 4.60 Å². The summed E-state index contributed by atoms with van der Waals surface area (Å²) in [6.45, 7) is 0. The molecule has 0 aromatic carbocycles. The van der Waals surface area contributed by atoms with E-state index in [4.69, 9.17) is 12.2 Å². The van der Waals surface area contributed by atoms with Gasteiger partial charge in [0, 0.05) is 0 Å². The zero-order valence-electron chi connectivity index (χ0n) is 5.20. The molecule has 1 heterocycles. The molecule has 0 aliphatic carbocycles. The molecular formula is C5H3BrN2O2S. The topological polar surface area (TPSA) is 58.9 Å². The van der Waals surface area contributed by atoms with E-state index in [9.17, 15) is 10.1 Å². The lowest BCUT2D eigenvalue weighted by Crippen LogP contribution is -1.89. The van der Waals surface area contributed by atoms with Gasteiger partial charge < -0.3 is 4.98 Å². The molecule has 0 saturated heterocycles. The van der Waals surface area contributed by atoms with Gasteiger partial charge in [-0.15, -0.1) is 0 Å². The summed E-state index contributed by atoms with van der Waals surface area (Å²) in [4.78, 5) is 12.3. The number of hydrogen-bond donors (Lipinski definition) is 1. The van der Waals surface area contributed by atoms with Gasteiger partial charge in [0.2, 0.25) is 0 Å². The van der Waals surface area contributed by atoms with Crippen molar-refractivity contribution in [2.24, 2.45) is 0 Å². The smallest absolute Gasteiger partial charge is 0.303 e. The Balaban J connectivity index is 3.32. The molecule has 0 fully saturated rings. The fraction of sp³-hybridized carbons (Fsp3) is 0. The second kappa shape index (κ2) is 3.10. The SMILES string of the molecule is O=[N+]([O-])c1c[nH]c(Br)cc1=S. The molecule has 1 aromatic heterocycles. The number of pyridine rings is 1. The maximum Gasteiger partial charge on any atom is 0.303 e. The minimum atomic E-state index is -0.523. The van der Waals surface area contributed by atoms with Gasteiger partial charge >= 0.3 is 5.69 Å². The highest BCUT2D eigenvalue weighted by Gasteiger charge is 2.06. The van der Waals surface area contributed by atoms with E-state index in [0.717, 1.165) is 0 Å². The third kappa shape index (κ3) is 1.84. The average molecular weight is 235 g/mol. The third-order valence-corrected chi connectivity index (χ3v) is 1.84. The Morgan fingerprint density at radius 2 is 2.36 bits per heavy atom. The predicted octanol–water partition coefficient (Wildman–Crippen LogP) is 2.41. The Morgan fingerprint density at radius 3 is 2.82 bits per heavy atom. The highest BCUT2D eigenvalue weighted by Crippen LogP contribution is 2.15. The van der Waals surface area contributed by atoms with Crippen molar-refractivity contribution in [2.75, 3.05) is 0 Å². The van der Waals surface area contributed by atoms with Crippen molar-refractivity contribution in [3.8, 4) is 0 Å². The van der Waals surface area contributed by atoms with E-state index in [1.807, 2.05) is 0 Å². The lowest BCUT2D eigenvalue weighted by molar-refractivity contribution is -0.385. The normalized spacial score (nSPS) is 9.55. The second-order valence-electron chi connectivity index (χ2n) is 1.79. The van der Waals surface area contributed by atoms with E-state index in [1.54, 1.807) is 0 Å². The number of aromatic amines is 1. The van der Waals surface area contributed by atoms with Crippen LogP contribution in [0.15, 0.2) is 16.9 Å². The summed E-state index contributed by atoms with van der Waals surface area (Å²) < 4.78 is 0.855. The van der Waals surface area contributed by atoms with Gasteiger partial charge in [0.25, 0.3) is 0 Å². The van der Waals surface area contributed by atoms with Crippen LogP contribution < -0.4 is 0 Å². The summed E-state index contributed by atoms with van der Waals surface area (Å²) >= 11 is 7.82. The highest BCUT2D eigenvalue weighted by atomic mass is 79.9. The van der Waals surface area contributed by atoms with Gasteiger partial charge in [-0.05, 0) is 22.0 Å². The van der Waals surface area contributed by atoms with Gasteiger partial charge in [-0.25, -0.2) is 0 Å². The highest BCUT2D eigenvalue weighted by molar-refractivity contribution is 9.10. The second-order valence-corrected chi connectivity index (χ2v) is 3.08. The number of aromatic nitrogens is 1. The first-order valence-electron chi connectivity index (χ1n) is 2.64. The van der Waals surface area contributed by atoms with E-state index in [2.05, 4.69) is 20.9 Å². The Labute approximate surface area is 75.5 Å². The van der Waals surface area contributed by atoms with Crippen LogP contribution in [0, 0.1) is 14.6 Å². The maximum absolute atomic E-state index is 10.2. The molecule has 1 N–H and O–H groups in total. The largest absolute Gasteiger partial charge is 0.350 e. The minimum absolute atomic E-state index is 0.0804. The molecule has 0 radical (unpaired) electrons. The fourth-order valence-corrected chi connectivity index (χ4v) is 1.33. The van der Waals surface area contributed by atoms with E-state index < -0.39 is 4.92 Å². The van der Waals surface area contributed by atoms with Crippen LogP contribution in [0.25, 0.3) is 0 Å². The summed E-state index contributed by atoms with van der Waals surface area (Å²) in [5.74, 6) is 0. The van der Waals surface area contributed by atoms with Gasteiger partial charge in [0.1, 0.15) is 4.51 Å². The molecule has 0 atom stereocenters. The molecule has 0 aliphatic heterocycles. The lowest BCUT2D eigenvalue weighted by Gasteiger charge is -1.91. The maximum atomic E-state index is 10.2. The molecule has 0 spiro atoms. The molecule has 11 heavy (non-hydrogen) atoms. The van der Waals surface area contributed by atoms with Crippen LogP contribution in [0.5, 0.6) is 0 Å². The quantitative estimate of drug-likeness (QED) is 0.352. The molecule has 1 aromatic rings. The average Bonchev–Trinajstić information content (AvgIpc) is 1.85. The van der Waals surface area contributed by atoms with E-state index in [1.165, 1.54) is 12.3 Å². The molecule has 58 valence electrons. The van der Waals surface area contributed by atoms with Crippen LogP contribution in [-0.2, 0) is 0 Å². The number of nitrogens with one attached hydrogen (secondary N) is 1. The van der Waals surface area contributed by atoms with Crippen LogP contribution >= 0.6 is 28.1 Å². The first-order chi connectivity index (χ1) is 5.11. The van der Waals surface area contributed by atoms with E-state index >= 15 is 0 Å². The van der Waals surface area contributed by atoms with Crippen molar-refractivity contribution in [3.63, 3.8) is 0 Å². The molecule has 0 amide bonds. The minimum Gasteiger partial charge on any atom is -0.350 e. The molecule has 1 rings (SSSR count).